The first-order chi connectivity index (χ1) is 10.1. The van der Waals surface area contributed by atoms with Crippen LogP contribution < -0.4 is 20.5 Å². The number of carbonyl (C=O) groups is 1. The lowest BCUT2D eigenvalue weighted by Crippen LogP contribution is -2.37. The number of benzene rings is 1. The highest BCUT2D eigenvalue weighted by molar-refractivity contribution is 5.85. The second-order valence-corrected chi connectivity index (χ2v) is 5.62. The Balaban J connectivity index is 0.00000242. The van der Waals surface area contributed by atoms with Crippen molar-refractivity contribution < 1.29 is 14.3 Å². The van der Waals surface area contributed by atoms with Crippen molar-refractivity contribution in [2.24, 2.45) is 11.7 Å². The Morgan fingerprint density at radius 1 is 1.41 bits per heavy atom. The SMILES string of the molecule is COc1cccc(OC(C)CNC(=O)C2CCC(N)C2)c1.Cl. The van der Waals surface area contributed by atoms with E-state index in [0.717, 1.165) is 30.8 Å². The summed E-state index contributed by atoms with van der Waals surface area (Å²) < 4.78 is 10.9. The van der Waals surface area contributed by atoms with Crippen LogP contribution in [-0.2, 0) is 4.79 Å². The number of rotatable bonds is 6. The van der Waals surface area contributed by atoms with E-state index >= 15 is 0 Å². The fourth-order valence-corrected chi connectivity index (χ4v) is 2.59. The smallest absolute Gasteiger partial charge is 0.223 e. The van der Waals surface area contributed by atoms with Crippen LogP contribution in [0.1, 0.15) is 26.2 Å². The number of hydrogen-bond acceptors (Lipinski definition) is 4. The van der Waals surface area contributed by atoms with Crippen molar-refractivity contribution in [3.8, 4) is 11.5 Å². The van der Waals surface area contributed by atoms with E-state index in [4.69, 9.17) is 15.2 Å². The number of carbonyl (C=O) groups excluding carboxylic acids is 1. The largest absolute Gasteiger partial charge is 0.497 e. The minimum atomic E-state index is -0.101. The molecule has 0 bridgehead atoms. The summed E-state index contributed by atoms with van der Waals surface area (Å²) in [4.78, 5) is 12.0. The molecule has 1 aromatic rings. The first-order valence-corrected chi connectivity index (χ1v) is 7.42. The lowest BCUT2D eigenvalue weighted by molar-refractivity contribution is -0.125. The first-order valence-electron chi connectivity index (χ1n) is 7.42. The fourth-order valence-electron chi connectivity index (χ4n) is 2.59. The molecule has 1 fully saturated rings. The molecule has 3 atom stereocenters. The van der Waals surface area contributed by atoms with Gasteiger partial charge in [0.1, 0.15) is 17.6 Å². The molecular formula is C16H25ClN2O3. The van der Waals surface area contributed by atoms with Gasteiger partial charge < -0.3 is 20.5 Å². The second-order valence-electron chi connectivity index (χ2n) is 5.62. The number of ether oxygens (including phenoxy) is 2. The molecule has 0 spiro atoms. The van der Waals surface area contributed by atoms with Crippen LogP contribution in [0.5, 0.6) is 11.5 Å². The third kappa shape index (κ3) is 5.39. The third-order valence-electron chi connectivity index (χ3n) is 3.79. The molecule has 1 aromatic carbocycles. The molecule has 5 nitrogen and oxygen atoms in total. The zero-order valence-electron chi connectivity index (χ0n) is 13.1. The van der Waals surface area contributed by atoms with Gasteiger partial charge >= 0.3 is 0 Å². The molecule has 3 unspecified atom stereocenters. The number of amides is 1. The molecule has 0 aromatic heterocycles. The van der Waals surface area contributed by atoms with Crippen molar-refractivity contribution in [1.82, 2.24) is 5.32 Å². The first kappa shape index (κ1) is 18.6. The number of methoxy groups -OCH3 is 1. The molecule has 2 rings (SSSR count). The molecule has 0 radical (unpaired) electrons. The van der Waals surface area contributed by atoms with Gasteiger partial charge in [-0.15, -0.1) is 12.4 Å². The van der Waals surface area contributed by atoms with Crippen molar-refractivity contribution in [3.63, 3.8) is 0 Å². The van der Waals surface area contributed by atoms with Crippen LogP contribution in [0.2, 0.25) is 0 Å². The Labute approximate surface area is 138 Å². The van der Waals surface area contributed by atoms with E-state index in [0.29, 0.717) is 6.54 Å². The van der Waals surface area contributed by atoms with E-state index in [9.17, 15) is 4.79 Å². The van der Waals surface area contributed by atoms with Gasteiger partial charge in [-0.3, -0.25) is 4.79 Å². The summed E-state index contributed by atoms with van der Waals surface area (Å²) in [6.45, 7) is 2.42. The minimum Gasteiger partial charge on any atom is -0.497 e. The van der Waals surface area contributed by atoms with Crippen molar-refractivity contribution in [1.29, 1.82) is 0 Å². The number of hydrogen-bond donors (Lipinski definition) is 2. The van der Waals surface area contributed by atoms with E-state index in [1.807, 2.05) is 31.2 Å². The van der Waals surface area contributed by atoms with E-state index in [1.165, 1.54) is 0 Å². The maximum absolute atomic E-state index is 12.0. The van der Waals surface area contributed by atoms with Crippen LogP contribution in [0.3, 0.4) is 0 Å². The average molecular weight is 329 g/mol. The van der Waals surface area contributed by atoms with E-state index in [2.05, 4.69) is 5.32 Å². The van der Waals surface area contributed by atoms with Crippen LogP contribution in [0.25, 0.3) is 0 Å². The zero-order valence-corrected chi connectivity index (χ0v) is 13.9. The third-order valence-corrected chi connectivity index (χ3v) is 3.79. The van der Waals surface area contributed by atoms with E-state index in [-0.39, 0.29) is 36.4 Å². The number of halogens is 1. The molecule has 1 aliphatic carbocycles. The van der Waals surface area contributed by atoms with Gasteiger partial charge in [0.15, 0.2) is 0 Å². The molecule has 0 saturated heterocycles. The van der Waals surface area contributed by atoms with Gasteiger partial charge in [-0.05, 0) is 38.3 Å². The van der Waals surface area contributed by atoms with Crippen LogP contribution >= 0.6 is 12.4 Å². The Kier molecular flexibility index (Phi) is 7.48. The standard InChI is InChI=1S/C16H24N2O3.ClH/c1-11(21-15-5-3-4-14(9-15)20-2)10-18-16(19)12-6-7-13(17)8-12;/h3-5,9,11-13H,6-8,10,17H2,1-2H3,(H,18,19);1H. The Hall–Kier alpha value is -1.46. The summed E-state index contributed by atoms with van der Waals surface area (Å²) in [5.41, 5.74) is 5.83. The number of nitrogens with one attached hydrogen (secondary N) is 1. The van der Waals surface area contributed by atoms with Crippen LogP contribution in [0.15, 0.2) is 24.3 Å². The highest BCUT2D eigenvalue weighted by atomic mass is 35.5. The highest BCUT2D eigenvalue weighted by Crippen LogP contribution is 2.24. The van der Waals surface area contributed by atoms with Gasteiger partial charge in [0.05, 0.1) is 13.7 Å². The predicted molar refractivity (Wildman–Crippen MR) is 88.7 cm³/mol. The summed E-state index contributed by atoms with van der Waals surface area (Å²) >= 11 is 0. The summed E-state index contributed by atoms with van der Waals surface area (Å²) in [7, 11) is 1.62. The zero-order chi connectivity index (χ0) is 15.2. The van der Waals surface area contributed by atoms with Crippen molar-refractivity contribution >= 4 is 18.3 Å². The van der Waals surface area contributed by atoms with Crippen molar-refractivity contribution in [2.45, 2.75) is 38.3 Å². The Morgan fingerprint density at radius 2 is 2.14 bits per heavy atom. The molecule has 124 valence electrons. The lowest BCUT2D eigenvalue weighted by atomic mass is 10.1. The molecule has 0 aliphatic heterocycles. The van der Waals surface area contributed by atoms with Gasteiger partial charge in [-0.1, -0.05) is 6.07 Å². The van der Waals surface area contributed by atoms with Gasteiger partial charge in [0.2, 0.25) is 5.91 Å². The molecule has 3 N–H and O–H groups in total. The van der Waals surface area contributed by atoms with Gasteiger partial charge in [0, 0.05) is 18.0 Å². The van der Waals surface area contributed by atoms with Crippen LogP contribution in [-0.4, -0.2) is 31.7 Å². The minimum absolute atomic E-state index is 0. The van der Waals surface area contributed by atoms with E-state index < -0.39 is 0 Å². The quantitative estimate of drug-likeness (QED) is 0.839. The van der Waals surface area contributed by atoms with Gasteiger partial charge in [-0.25, -0.2) is 0 Å². The summed E-state index contributed by atoms with van der Waals surface area (Å²) in [6, 6.07) is 7.61. The molecule has 1 aliphatic rings. The molecule has 0 heterocycles. The topological polar surface area (TPSA) is 73.6 Å². The average Bonchev–Trinajstić information content (AvgIpc) is 2.91. The predicted octanol–water partition coefficient (Wildman–Crippen LogP) is 2.13. The summed E-state index contributed by atoms with van der Waals surface area (Å²) in [6.07, 6.45) is 2.51. The summed E-state index contributed by atoms with van der Waals surface area (Å²) in [5, 5.41) is 2.94. The fraction of sp³-hybridized carbons (Fsp3) is 0.562. The van der Waals surface area contributed by atoms with Crippen LogP contribution in [0, 0.1) is 5.92 Å². The molecular weight excluding hydrogens is 304 g/mol. The van der Waals surface area contributed by atoms with E-state index in [1.54, 1.807) is 7.11 Å². The Morgan fingerprint density at radius 3 is 2.77 bits per heavy atom. The highest BCUT2D eigenvalue weighted by Gasteiger charge is 2.27. The second kappa shape index (κ2) is 8.86. The molecule has 22 heavy (non-hydrogen) atoms. The lowest BCUT2D eigenvalue weighted by Gasteiger charge is -2.17. The summed E-state index contributed by atoms with van der Waals surface area (Å²) in [5.74, 6) is 1.63. The van der Waals surface area contributed by atoms with Crippen molar-refractivity contribution in [3.05, 3.63) is 24.3 Å². The number of nitrogens with two attached hydrogens (primary N) is 1. The normalized spacial score (nSPS) is 21.6. The molecule has 1 amide bonds. The maximum atomic E-state index is 12.0. The molecule has 1 saturated carbocycles. The molecule has 6 heteroatoms. The monoisotopic (exact) mass is 328 g/mol. The van der Waals surface area contributed by atoms with Gasteiger partial charge in [-0.2, -0.15) is 0 Å². The Bertz CT molecular complexity index is 484. The van der Waals surface area contributed by atoms with Gasteiger partial charge in [0.25, 0.3) is 0 Å². The maximum Gasteiger partial charge on any atom is 0.223 e. The van der Waals surface area contributed by atoms with Crippen molar-refractivity contribution in [2.75, 3.05) is 13.7 Å². The van der Waals surface area contributed by atoms with Crippen LogP contribution in [0.4, 0.5) is 0 Å².